The van der Waals surface area contributed by atoms with Crippen molar-refractivity contribution in [3.63, 3.8) is 0 Å². The maximum Gasteiger partial charge on any atom is 0.132 e. The van der Waals surface area contributed by atoms with Gasteiger partial charge in [0, 0.05) is 13.1 Å². The normalized spacial score (nSPS) is 11.3. The number of aliphatic hydroxyl groups is 1. The molecular weight excluding hydrogens is 192 g/mol. The highest BCUT2D eigenvalue weighted by molar-refractivity contribution is 5.48. The van der Waals surface area contributed by atoms with Crippen molar-refractivity contribution >= 4 is 11.6 Å². The van der Waals surface area contributed by atoms with Crippen LogP contribution >= 0.6 is 0 Å². The van der Waals surface area contributed by atoms with Crippen molar-refractivity contribution in [2.24, 2.45) is 0 Å². The van der Waals surface area contributed by atoms with Gasteiger partial charge in [-0.05, 0) is 20.8 Å². The molecule has 0 aliphatic rings. The van der Waals surface area contributed by atoms with Gasteiger partial charge in [0.2, 0.25) is 0 Å². The first-order valence-electron chi connectivity index (χ1n) is 4.89. The molecule has 0 saturated heterocycles. The monoisotopic (exact) mass is 210 g/mol. The maximum absolute atomic E-state index is 9.13. The van der Waals surface area contributed by atoms with Gasteiger partial charge >= 0.3 is 0 Å². The fourth-order valence-corrected chi connectivity index (χ4v) is 1.15. The summed E-state index contributed by atoms with van der Waals surface area (Å²) in [5.74, 6) is 2.17. The quantitative estimate of drug-likeness (QED) is 0.692. The second-order valence-electron chi connectivity index (χ2n) is 4.10. The number of aliphatic hydroxyl groups excluding tert-OH is 1. The molecule has 3 N–H and O–H groups in total. The standard InChI is InChI=1S/C10H18N4O/c1-7-12-8(11-4)5-9(13-7)14-10(2,3)6-15/h5,15H,6H2,1-4H3,(H2,11,12,13,14). The third-order valence-corrected chi connectivity index (χ3v) is 1.96. The van der Waals surface area contributed by atoms with E-state index in [1.165, 1.54) is 0 Å². The summed E-state index contributed by atoms with van der Waals surface area (Å²) < 4.78 is 0. The lowest BCUT2D eigenvalue weighted by molar-refractivity contribution is 0.234. The van der Waals surface area contributed by atoms with Crippen molar-refractivity contribution in [2.45, 2.75) is 26.3 Å². The molecule has 0 aromatic carbocycles. The Bertz CT molecular complexity index is 338. The van der Waals surface area contributed by atoms with E-state index >= 15 is 0 Å². The third-order valence-electron chi connectivity index (χ3n) is 1.96. The van der Waals surface area contributed by atoms with Gasteiger partial charge in [-0.3, -0.25) is 0 Å². The van der Waals surface area contributed by atoms with Crippen molar-refractivity contribution in [1.82, 2.24) is 9.97 Å². The van der Waals surface area contributed by atoms with Gasteiger partial charge in [0.1, 0.15) is 17.5 Å². The second-order valence-corrected chi connectivity index (χ2v) is 4.10. The van der Waals surface area contributed by atoms with Gasteiger partial charge in [0.25, 0.3) is 0 Å². The molecule has 0 aliphatic carbocycles. The van der Waals surface area contributed by atoms with E-state index in [1.54, 1.807) is 0 Å². The Labute approximate surface area is 90.0 Å². The van der Waals surface area contributed by atoms with Crippen LogP contribution in [-0.2, 0) is 0 Å². The molecule has 0 unspecified atom stereocenters. The molecule has 5 heteroatoms. The summed E-state index contributed by atoms with van der Waals surface area (Å²) in [6, 6.07) is 1.81. The van der Waals surface area contributed by atoms with Crippen molar-refractivity contribution in [1.29, 1.82) is 0 Å². The molecule has 1 aromatic rings. The predicted octanol–water partition coefficient (Wildman–Crippen LogP) is 1.01. The van der Waals surface area contributed by atoms with Crippen LogP contribution in [0.4, 0.5) is 11.6 Å². The van der Waals surface area contributed by atoms with Crippen LogP contribution in [0.2, 0.25) is 0 Å². The molecule has 0 saturated carbocycles. The Hall–Kier alpha value is -1.36. The molecule has 5 nitrogen and oxygen atoms in total. The van der Waals surface area contributed by atoms with Crippen LogP contribution in [0.3, 0.4) is 0 Å². The van der Waals surface area contributed by atoms with Crippen LogP contribution in [-0.4, -0.2) is 34.3 Å². The highest BCUT2D eigenvalue weighted by atomic mass is 16.3. The van der Waals surface area contributed by atoms with Crippen LogP contribution < -0.4 is 10.6 Å². The Morgan fingerprint density at radius 3 is 2.47 bits per heavy atom. The first-order chi connectivity index (χ1) is 6.96. The van der Waals surface area contributed by atoms with E-state index in [-0.39, 0.29) is 12.1 Å². The predicted molar refractivity (Wildman–Crippen MR) is 61.1 cm³/mol. The lowest BCUT2D eigenvalue weighted by atomic mass is 10.1. The summed E-state index contributed by atoms with van der Waals surface area (Å²) in [6.45, 7) is 5.69. The highest BCUT2D eigenvalue weighted by Gasteiger charge is 2.16. The molecule has 84 valence electrons. The van der Waals surface area contributed by atoms with Crippen LogP contribution in [0, 0.1) is 6.92 Å². The molecule has 0 radical (unpaired) electrons. The Morgan fingerprint density at radius 2 is 1.93 bits per heavy atom. The van der Waals surface area contributed by atoms with E-state index < -0.39 is 0 Å². The summed E-state index contributed by atoms with van der Waals surface area (Å²) in [7, 11) is 1.81. The minimum absolute atomic E-state index is 0.0466. The summed E-state index contributed by atoms with van der Waals surface area (Å²) in [5.41, 5.74) is -0.383. The van der Waals surface area contributed by atoms with Gasteiger partial charge in [0.15, 0.2) is 0 Å². The topological polar surface area (TPSA) is 70.1 Å². The molecule has 15 heavy (non-hydrogen) atoms. The number of nitrogens with zero attached hydrogens (tertiary/aromatic N) is 2. The van der Waals surface area contributed by atoms with Crippen LogP contribution in [0.1, 0.15) is 19.7 Å². The van der Waals surface area contributed by atoms with Gasteiger partial charge in [-0.1, -0.05) is 0 Å². The lowest BCUT2D eigenvalue weighted by Crippen LogP contribution is -2.35. The van der Waals surface area contributed by atoms with Gasteiger partial charge in [-0.25, -0.2) is 9.97 Å². The van der Waals surface area contributed by atoms with E-state index in [0.717, 1.165) is 5.82 Å². The van der Waals surface area contributed by atoms with Crippen molar-refractivity contribution in [3.05, 3.63) is 11.9 Å². The largest absolute Gasteiger partial charge is 0.394 e. The average molecular weight is 210 g/mol. The minimum atomic E-state index is -0.383. The van der Waals surface area contributed by atoms with Gasteiger partial charge in [0.05, 0.1) is 12.1 Å². The third kappa shape index (κ3) is 3.36. The average Bonchev–Trinajstić information content (AvgIpc) is 2.16. The van der Waals surface area contributed by atoms with E-state index in [0.29, 0.717) is 11.6 Å². The molecule has 1 rings (SSSR count). The lowest BCUT2D eigenvalue weighted by Gasteiger charge is -2.24. The van der Waals surface area contributed by atoms with Crippen LogP contribution in [0.5, 0.6) is 0 Å². The molecule has 0 bridgehead atoms. The summed E-state index contributed by atoms with van der Waals surface area (Å²) in [4.78, 5) is 8.43. The Balaban J connectivity index is 2.90. The zero-order valence-corrected chi connectivity index (χ0v) is 9.63. The molecular formula is C10H18N4O. The Morgan fingerprint density at radius 1 is 1.33 bits per heavy atom. The zero-order chi connectivity index (χ0) is 11.5. The number of rotatable bonds is 4. The molecule has 0 amide bonds. The van der Waals surface area contributed by atoms with Gasteiger partial charge in [-0.2, -0.15) is 0 Å². The molecule has 0 aliphatic heterocycles. The summed E-state index contributed by atoms with van der Waals surface area (Å²) in [6.07, 6.45) is 0. The van der Waals surface area contributed by atoms with E-state index in [9.17, 15) is 0 Å². The number of aryl methyl sites for hydroxylation is 1. The van der Waals surface area contributed by atoms with E-state index in [4.69, 9.17) is 5.11 Å². The molecule has 0 fully saturated rings. The first-order valence-corrected chi connectivity index (χ1v) is 4.89. The number of anilines is 2. The Kier molecular flexibility index (Phi) is 3.47. The van der Waals surface area contributed by atoms with Crippen molar-refractivity contribution < 1.29 is 5.11 Å². The minimum Gasteiger partial charge on any atom is -0.394 e. The van der Waals surface area contributed by atoms with Crippen LogP contribution in [0.25, 0.3) is 0 Å². The number of hydrogen-bond donors (Lipinski definition) is 3. The SMILES string of the molecule is CNc1cc(NC(C)(C)CO)nc(C)n1. The van der Waals surface area contributed by atoms with Crippen molar-refractivity contribution in [3.8, 4) is 0 Å². The highest BCUT2D eigenvalue weighted by Crippen LogP contribution is 2.15. The summed E-state index contributed by atoms with van der Waals surface area (Å²) in [5, 5.41) is 15.2. The van der Waals surface area contributed by atoms with Crippen molar-refractivity contribution in [2.75, 3.05) is 24.3 Å². The second kappa shape index (κ2) is 4.44. The smallest absolute Gasteiger partial charge is 0.132 e. The van der Waals surface area contributed by atoms with Gasteiger partial charge < -0.3 is 15.7 Å². The molecule has 0 spiro atoms. The number of aromatic nitrogens is 2. The molecule has 1 aromatic heterocycles. The first kappa shape index (κ1) is 11.7. The van der Waals surface area contributed by atoms with Gasteiger partial charge in [-0.15, -0.1) is 0 Å². The fourth-order valence-electron chi connectivity index (χ4n) is 1.15. The van der Waals surface area contributed by atoms with Crippen LogP contribution in [0.15, 0.2) is 6.07 Å². The molecule has 1 heterocycles. The number of hydrogen-bond acceptors (Lipinski definition) is 5. The molecule has 0 atom stereocenters. The summed E-state index contributed by atoms with van der Waals surface area (Å²) >= 11 is 0. The zero-order valence-electron chi connectivity index (χ0n) is 9.63. The maximum atomic E-state index is 9.13. The fraction of sp³-hybridized carbons (Fsp3) is 0.600. The number of nitrogens with one attached hydrogen (secondary N) is 2. The van der Waals surface area contributed by atoms with E-state index in [2.05, 4.69) is 20.6 Å². The van der Waals surface area contributed by atoms with E-state index in [1.807, 2.05) is 33.9 Å².